The molecule has 1 spiro atoms. The summed E-state index contributed by atoms with van der Waals surface area (Å²) in [6.45, 7) is 6.69. The van der Waals surface area contributed by atoms with E-state index in [4.69, 9.17) is 13.9 Å². The van der Waals surface area contributed by atoms with Crippen molar-refractivity contribution in [3.8, 4) is 5.75 Å². The first kappa shape index (κ1) is 18.9. The lowest BCUT2D eigenvalue weighted by molar-refractivity contribution is 0.00886. The molecule has 1 aromatic heterocycles. The summed E-state index contributed by atoms with van der Waals surface area (Å²) in [6, 6.07) is 7.36. The molecule has 4 rings (SSSR count). The van der Waals surface area contributed by atoms with Gasteiger partial charge in [-0.15, -0.1) is 10.2 Å². The van der Waals surface area contributed by atoms with Crippen molar-refractivity contribution in [1.82, 2.24) is 15.1 Å². The quantitative estimate of drug-likeness (QED) is 0.804. The molecule has 0 bridgehead atoms. The van der Waals surface area contributed by atoms with Gasteiger partial charge < -0.3 is 18.8 Å². The highest BCUT2D eigenvalue weighted by Gasteiger charge is 2.51. The van der Waals surface area contributed by atoms with Gasteiger partial charge in [0.1, 0.15) is 5.75 Å². The van der Waals surface area contributed by atoms with E-state index in [1.165, 1.54) is 0 Å². The Bertz CT molecular complexity index is 842. The third-order valence-corrected chi connectivity index (χ3v) is 6.01. The van der Waals surface area contributed by atoms with Crippen molar-refractivity contribution in [2.45, 2.75) is 38.5 Å². The molecule has 3 heterocycles. The summed E-state index contributed by atoms with van der Waals surface area (Å²) in [5.41, 5.74) is 0.498. The molecule has 2 aromatic rings. The van der Waals surface area contributed by atoms with Crippen LogP contribution in [-0.4, -0.2) is 54.4 Å². The number of hydrogen-bond acceptors (Lipinski definition) is 6. The highest BCUT2D eigenvalue weighted by atomic mass is 16.5. The van der Waals surface area contributed by atoms with Crippen molar-refractivity contribution in [1.29, 1.82) is 0 Å². The van der Waals surface area contributed by atoms with Gasteiger partial charge in [-0.1, -0.05) is 26.0 Å². The molecule has 0 N–H and O–H groups in total. The minimum atomic E-state index is -0.0866. The van der Waals surface area contributed by atoms with Gasteiger partial charge >= 0.3 is 0 Å². The molecule has 2 saturated heterocycles. The average molecular weight is 385 g/mol. The number of hydrogen-bond donors (Lipinski definition) is 0. The monoisotopic (exact) mass is 385 g/mol. The molecule has 0 aliphatic carbocycles. The molecule has 28 heavy (non-hydrogen) atoms. The number of rotatable bonds is 4. The fraction of sp³-hybridized carbons (Fsp3) is 0.571. The van der Waals surface area contributed by atoms with Gasteiger partial charge in [0.05, 0.1) is 18.6 Å². The Kier molecular flexibility index (Phi) is 5.10. The molecule has 0 radical (unpaired) electrons. The second kappa shape index (κ2) is 7.54. The number of carbonyl (C=O) groups is 1. The Morgan fingerprint density at radius 2 is 2.00 bits per heavy atom. The van der Waals surface area contributed by atoms with Gasteiger partial charge in [-0.2, -0.15) is 0 Å². The molecule has 2 aliphatic heterocycles. The van der Waals surface area contributed by atoms with Crippen LogP contribution >= 0.6 is 0 Å². The van der Waals surface area contributed by atoms with Gasteiger partial charge in [-0.05, 0) is 25.0 Å². The summed E-state index contributed by atoms with van der Waals surface area (Å²) in [7, 11) is 1.59. The number of ether oxygens (including phenoxy) is 2. The third kappa shape index (κ3) is 3.28. The van der Waals surface area contributed by atoms with Crippen molar-refractivity contribution in [2.75, 3.05) is 33.4 Å². The zero-order chi connectivity index (χ0) is 19.7. The molecule has 7 nitrogen and oxygen atoms in total. The first-order valence-electron chi connectivity index (χ1n) is 9.87. The van der Waals surface area contributed by atoms with E-state index < -0.39 is 0 Å². The Morgan fingerprint density at radius 3 is 2.68 bits per heavy atom. The second-order valence-corrected chi connectivity index (χ2v) is 8.05. The summed E-state index contributed by atoms with van der Waals surface area (Å²) >= 11 is 0. The fourth-order valence-electron chi connectivity index (χ4n) is 4.36. The van der Waals surface area contributed by atoms with Crippen LogP contribution in [-0.2, 0) is 4.74 Å². The SMILES string of the molecule is COc1ccccc1C(=O)N1CC(c2nnc(C(C)C)o2)C2(CCOCC2)C1. The number of para-hydroxylation sites is 1. The highest BCUT2D eigenvalue weighted by Crippen LogP contribution is 2.49. The van der Waals surface area contributed by atoms with Crippen LogP contribution < -0.4 is 4.74 Å². The summed E-state index contributed by atoms with van der Waals surface area (Å²) in [6.07, 6.45) is 1.76. The van der Waals surface area contributed by atoms with E-state index in [2.05, 4.69) is 10.2 Å². The summed E-state index contributed by atoms with van der Waals surface area (Å²) in [5, 5.41) is 8.57. The normalized spacial score (nSPS) is 21.4. The molecule has 1 aromatic carbocycles. The van der Waals surface area contributed by atoms with Gasteiger partial charge in [-0.3, -0.25) is 4.79 Å². The van der Waals surface area contributed by atoms with E-state index in [1.54, 1.807) is 7.11 Å². The van der Waals surface area contributed by atoms with Gasteiger partial charge in [-0.25, -0.2) is 0 Å². The van der Waals surface area contributed by atoms with Crippen molar-refractivity contribution in [3.05, 3.63) is 41.6 Å². The molecule has 2 aliphatic rings. The number of methoxy groups -OCH3 is 1. The zero-order valence-electron chi connectivity index (χ0n) is 16.7. The Balaban J connectivity index is 1.65. The largest absolute Gasteiger partial charge is 0.496 e. The fourth-order valence-corrected chi connectivity index (χ4v) is 4.36. The van der Waals surface area contributed by atoms with Crippen LogP contribution in [0.5, 0.6) is 5.75 Å². The van der Waals surface area contributed by atoms with E-state index in [0.29, 0.717) is 49.4 Å². The molecular formula is C21H27N3O4. The number of likely N-dealkylation sites (tertiary alicyclic amines) is 1. The lowest BCUT2D eigenvalue weighted by atomic mass is 9.72. The minimum Gasteiger partial charge on any atom is -0.496 e. The maximum Gasteiger partial charge on any atom is 0.257 e. The zero-order valence-corrected chi connectivity index (χ0v) is 16.7. The van der Waals surface area contributed by atoms with Gasteiger partial charge in [0.15, 0.2) is 0 Å². The molecule has 0 saturated carbocycles. The van der Waals surface area contributed by atoms with Crippen LogP contribution in [0.4, 0.5) is 0 Å². The van der Waals surface area contributed by atoms with E-state index in [0.717, 1.165) is 12.8 Å². The van der Waals surface area contributed by atoms with Crippen LogP contribution in [0, 0.1) is 5.41 Å². The Morgan fingerprint density at radius 1 is 1.25 bits per heavy atom. The highest BCUT2D eigenvalue weighted by molar-refractivity contribution is 5.97. The van der Waals surface area contributed by atoms with Gasteiger partial charge in [0.25, 0.3) is 5.91 Å². The van der Waals surface area contributed by atoms with Crippen molar-refractivity contribution in [2.24, 2.45) is 5.41 Å². The summed E-state index contributed by atoms with van der Waals surface area (Å²) < 4.78 is 17.0. The van der Waals surface area contributed by atoms with Crippen LogP contribution in [0.1, 0.15) is 60.7 Å². The predicted octanol–water partition coefficient (Wildman–Crippen LogP) is 3.24. The topological polar surface area (TPSA) is 77.7 Å². The number of nitrogens with zero attached hydrogens (tertiary/aromatic N) is 3. The molecule has 7 heteroatoms. The summed E-state index contributed by atoms with van der Waals surface area (Å²) in [4.78, 5) is 15.2. The van der Waals surface area contributed by atoms with Gasteiger partial charge in [0.2, 0.25) is 11.8 Å². The van der Waals surface area contributed by atoms with E-state index in [-0.39, 0.29) is 23.2 Å². The van der Waals surface area contributed by atoms with Crippen LogP contribution in [0.15, 0.2) is 28.7 Å². The Labute approximate surface area is 165 Å². The number of carbonyl (C=O) groups excluding carboxylic acids is 1. The minimum absolute atomic E-state index is 0.0191. The molecule has 1 atom stereocenters. The number of aromatic nitrogens is 2. The van der Waals surface area contributed by atoms with Crippen LogP contribution in [0.2, 0.25) is 0 Å². The van der Waals surface area contributed by atoms with Crippen molar-refractivity contribution < 1.29 is 18.7 Å². The lowest BCUT2D eigenvalue weighted by Crippen LogP contribution is -2.37. The van der Waals surface area contributed by atoms with Crippen LogP contribution in [0.3, 0.4) is 0 Å². The predicted molar refractivity (Wildman–Crippen MR) is 103 cm³/mol. The number of benzene rings is 1. The average Bonchev–Trinajstić information content (AvgIpc) is 3.33. The molecule has 1 amide bonds. The molecular weight excluding hydrogens is 358 g/mol. The molecule has 150 valence electrons. The lowest BCUT2D eigenvalue weighted by Gasteiger charge is -2.36. The first-order chi connectivity index (χ1) is 13.5. The van der Waals surface area contributed by atoms with Crippen molar-refractivity contribution >= 4 is 5.91 Å². The van der Waals surface area contributed by atoms with E-state index >= 15 is 0 Å². The van der Waals surface area contributed by atoms with E-state index in [9.17, 15) is 4.79 Å². The molecule has 1 unspecified atom stereocenters. The maximum atomic E-state index is 13.3. The van der Waals surface area contributed by atoms with Crippen LogP contribution in [0.25, 0.3) is 0 Å². The van der Waals surface area contributed by atoms with E-state index in [1.807, 2.05) is 43.0 Å². The second-order valence-electron chi connectivity index (χ2n) is 8.05. The Hall–Kier alpha value is -2.41. The maximum absolute atomic E-state index is 13.3. The van der Waals surface area contributed by atoms with Crippen molar-refractivity contribution in [3.63, 3.8) is 0 Å². The first-order valence-corrected chi connectivity index (χ1v) is 9.87. The summed E-state index contributed by atoms with van der Waals surface area (Å²) in [5.74, 6) is 2.06. The van der Waals surface area contributed by atoms with Gasteiger partial charge in [0, 0.05) is 37.6 Å². The standard InChI is InChI=1S/C21H27N3O4/c1-14(2)18-22-23-19(28-18)16-12-24(13-21(16)8-10-27-11-9-21)20(25)15-6-4-5-7-17(15)26-3/h4-7,14,16H,8-13H2,1-3H3. The smallest absolute Gasteiger partial charge is 0.257 e. The number of amides is 1. The third-order valence-electron chi connectivity index (χ3n) is 6.01. The molecule has 2 fully saturated rings.